The second-order valence-electron chi connectivity index (χ2n) is 3.15. The molecule has 1 amide bonds. The fourth-order valence-electron chi connectivity index (χ4n) is 1.02. The number of alkyl halides is 1. The third kappa shape index (κ3) is 3.61. The van der Waals surface area contributed by atoms with E-state index in [4.69, 9.17) is 23.2 Å². The zero-order chi connectivity index (χ0) is 11.4. The van der Waals surface area contributed by atoms with E-state index in [1.807, 2.05) is 0 Å². The van der Waals surface area contributed by atoms with Gasteiger partial charge in [-0.2, -0.15) is 0 Å². The van der Waals surface area contributed by atoms with Crippen LogP contribution in [0, 0.1) is 0 Å². The second kappa shape index (κ2) is 5.24. The lowest BCUT2D eigenvalue weighted by Gasteiger charge is -2.07. The minimum atomic E-state index is -0.387. The van der Waals surface area contributed by atoms with Crippen LogP contribution >= 0.6 is 23.2 Å². The molecule has 1 aromatic carbocycles. The largest absolute Gasteiger partial charge is 0.507 e. The van der Waals surface area contributed by atoms with Gasteiger partial charge in [0.15, 0.2) is 0 Å². The summed E-state index contributed by atoms with van der Waals surface area (Å²) in [6, 6.07) is 4.30. The van der Waals surface area contributed by atoms with E-state index in [0.29, 0.717) is 11.6 Å². The molecule has 1 unspecified atom stereocenters. The van der Waals surface area contributed by atoms with E-state index >= 15 is 0 Å². The molecule has 1 atom stereocenters. The summed E-state index contributed by atoms with van der Waals surface area (Å²) in [4.78, 5) is 11.5. The molecule has 0 aliphatic carbocycles. The standard InChI is InChI=1S/C10H11Cl2NO2/c1-6(11)5-13-10(15)8-4-7(12)2-3-9(8)14/h2-4,6,14H,5H2,1H3,(H,13,15). The topological polar surface area (TPSA) is 49.3 Å². The van der Waals surface area contributed by atoms with Crippen molar-refractivity contribution in [2.75, 3.05) is 6.54 Å². The van der Waals surface area contributed by atoms with Crippen LogP contribution in [0.3, 0.4) is 0 Å². The number of aromatic hydroxyl groups is 1. The van der Waals surface area contributed by atoms with Crippen LogP contribution < -0.4 is 5.32 Å². The molecule has 0 aliphatic heterocycles. The predicted octanol–water partition coefficient (Wildman–Crippen LogP) is 2.40. The molecule has 0 aliphatic rings. The number of phenolic OH excluding ortho intramolecular Hbond substituents is 1. The third-order valence-corrected chi connectivity index (χ3v) is 2.14. The molecular weight excluding hydrogens is 237 g/mol. The summed E-state index contributed by atoms with van der Waals surface area (Å²) in [5, 5.41) is 12.2. The summed E-state index contributed by atoms with van der Waals surface area (Å²) in [6.07, 6.45) is 0. The first-order chi connectivity index (χ1) is 7.00. The molecule has 2 N–H and O–H groups in total. The lowest BCUT2D eigenvalue weighted by atomic mass is 10.2. The Morgan fingerprint density at radius 1 is 1.60 bits per heavy atom. The average molecular weight is 248 g/mol. The van der Waals surface area contributed by atoms with Gasteiger partial charge in [-0.15, -0.1) is 11.6 Å². The van der Waals surface area contributed by atoms with Crippen molar-refractivity contribution in [1.29, 1.82) is 0 Å². The molecule has 0 bridgehead atoms. The monoisotopic (exact) mass is 247 g/mol. The quantitative estimate of drug-likeness (QED) is 0.807. The Morgan fingerprint density at radius 2 is 2.27 bits per heavy atom. The average Bonchev–Trinajstić information content (AvgIpc) is 2.18. The first kappa shape index (κ1) is 12.1. The van der Waals surface area contributed by atoms with Gasteiger partial charge in [-0.05, 0) is 25.1 Å². The van der Waals surface area contributed by atoms with Crippen LogP contribution in [0.15, 0.2) is 18.2 Å². The molecule has 0 radical (unpaired) electrons. The summed E-state index contributed by atoms with van der Waals surface area (Å²) in [6.45, 7) is 2.10. The zero-order valence-electron chi connectivity index (χ0n) is 8.13. The van der Waals surface area contributed by atoms with E-state index < -0.39 is 0 Å². The summed E-state index contributed by atoms with van der Waals surface area (Å²) < 4.78 is 0. The minimum Gasteiger partial charge on any atom is -0.507 e. The third-order valence-electron chi connectivity index (χ3n) is 1.75. The van der Waals surface area contributed by atoms with Crippen LogP contribution in [-0.4, -0.2) is 22.9 Å². The Bertz CT molecular complexity index is 366. The van der Waals surface area contributed by atoms with Crippen molar-refractivity contribution in [3.05, 3.63) is 28.8 Å². The molecule has 0 heterocycles. The summed E-state index contributed by atoms with van der Waals surface area (Å²) in [5.41, 5.74) is 0.153. The van der Waals surface area contributed by atoms with E-state index in [0.717, 1.165) is 0 Å². The van der Waals surface area contributed by atoms with Gasteiger partial charge in [-0.25, -0.2) is 0 Å². The molecule has 15 heavy (non-hydrogen) atoms. The highest BCUT2D eigenvalue weighted by molar-refractivity contribution is 6.31. The van der Waals surface area contributed by atoms with Gasteiger partial charge in [0.1, 0.15) is 5.75 Å². The predicted molar refractivity (Wildman–Crippen MR) is 60.8 cm³/mol. The maximum atomic E-state index is 11.5. The molecule has 0 aromatic heterocycles. The fourth-order valence-corrected chi connectivity index (χ4v) is 1.27. The van der Waals surface area contributed by atoms with Gasteiger partial charge in [0.05, 0.1) is 5.56 Å². The van der Waals surface area contributed by atoms with Crippen molar-refractivity contribution in [3.63, 3.8) is 0 Å². The second-order valence-corrected chi connectivity index (χ2v) is 4.33. The van der Waals surface area contributed by atoms with Gasteiger partial charge in [0, 0.05) is 16.9 Å². The van der Waals surface area contributed by atoms with E-state index in [2.05, 4.69) is 5.32 Å². The van der Waals surface area contributed by atoms with Crippen molar-refractivity contribution in [1.82, 2.24) is 5.32 Å². The molecule has 0 fully saturated rings. The number of hydrogen-bond acceptors (Lipinski definition) is 2. The zero-order valence-corrected chi connectivity index (χ0v) is 9.64. The van der Waals surface area contributed by atoms with Crippen LogP contribution in [0.4, 0.5) is 0 Å². The number of hydrogen-bond donors (Lipinski definition) is 2. The Balaban J connectivity index is 2.77. The highest BCUT2D eigenvalue weighted by Gasteiger charge is 2.11. The maximum Gasteiger partial charge on any atom is 0.255 e. The number of rotatable bonds is 3. The van der Waals surface area contributed by atoms with Crippen molar-refractivity contribution < 1.29 is 9.90 Å². The van der Waals surface area contributed by atoms with Crippen LogP contribution in [0.5, 0.6) is 5.75 Å². The van der Waals surface area contributed by atoms with Crippen molar-refractivity contribution in [2.24, 2.45) is 0 Å². The Labute approximate surface area is 98.0 Å². The maximum absolute atomic E-state index is 11.5. The number of carbonyl (C=O) groups is 1. The fraction of sp³-hybridized carbons (Fsp3) is 0.300. The molecule has 3 nitrogen and oxygen atoms in total. The smallest absolute Gasteiger partial charge is 0.255 e. The van der Waals surface area contributed by atoms with E-state index in [-0.39, 0.29) is 22.6 Å². The number of amides is 1. The molecule has 1 rings (SSSR count). The van der Waals surface area contributed by atoms with Gasteiger partial charge in [0.25, 0.3) is 5.91 Å². The van der Waals surface area contributed by atoms with Crippen LogP contribution in [-0.2, 0) is 0 Å². The Morgan fingerprint density at radius 3 is 2.87 bits per heavy atom. The lowest BCUT2D eigenvalue weighted by molar-refractivity contribution is 0.0951. The minimum absolute atomic E-state index is 0.0980. The Kier molecular flexibility index (Phi) is 4.24. The van der Waals surface area contributed by atoms with Crippen LogP contribution in [0.1, 0.15) is 17.3 Å². The SMILES string of the molecule is CC(Cl)CNC(=O)c1cc(Cl)ccc1O. The highest BCUT2D eigenvalue weighted by atomic mass is 35.5. The Hall–Kier alpha value is -0.930. The number of halogens is 2. The van der Waals surface area contributed by atoms with Gasteiger partial charge in [-0.3, -0.25) is 4.79 Å². The van der Waals surface area contributed by atoms with E-state index in [9.17, 15) is 9.90 Å². The molecule has 0 spiro atoms. The normalized spacial score (nSPS) is 12.2. The first-order valence-corrected chi connectivity index (χ1v) is 5.23. The summed E-state index contributed by atoms with van der Waals surface area (Å²) >= 11 is 11.4. The van der Waals surface area contributed by atoms with Gasteiger partial charge < -0.3 is 10.4 Å². The number of nitrogens with one attached hydrogen (secondary N) is 1. The van der Waals surface area contributed by atoms with Gasteiger partial charge in [0.2, 0.25) is 0 Å². The molecular formula is C10H11Cl2NO2. The number of carbonyl (C=O) groups excluding carboxylic acids is 1. The van der Waals surface area contributed by atoms with Crippen LogP contribution in [0.25, 0.3) is 0 Å². The number of phenols is 1. The van der Waals surface area contributed by atoms with Crippen molar-refractivity contribution in [2.45, 2.75) is 12.3 Å². The molecule has 0 saturated heterocycles. The molecule has 1 aromatic rings. The van der Waals surface area contributed by atoms with Crippen molar-refractivity contribution >= 4 is 29.1 Å². The van der Waals surface area contributed by atoms with Crippen molar-refractivity contribution in [3.8, 4) is 5.75 Å². The molecule has 82 valence electrons. The lowest BCUT2D eigenvalue weighted by Crippen LogP contribution is -2.28. The van der Waals surface area contributed by atoms with Crippen LogP contribution in [0.2, 0.25) is 5.02 Å². The molecule has 0 saturated carbocycles. The summed E-state index contributed by atoms with van der Waals surface area (Å²) in [7, 11) is 0. The van der Waals surface area contributed by atoms with E-state index in [1.54, 1.807) is 6.92 Å². The highest BCUT2D eigenvalue weighted by Crippen LogP contribution is 2.21. The molecule has 5 heteroatoms. The van der Waals surface area contributed by atoms with E-state index in [1.165, 1.54) is 18.2 Å². The van der Waals surface area contributed by atoms with Gasteiger partial charge in [-0.1, -0.05) is 11.6 Å². The van der Waals surface area contributed by atoms with Gasteiger partial charge >= 0.3 is 0 Å². The number of benzene rings is 1. The summed E-state index contributed by atoms with van der Waals surface area (Å²) in [5.74, 6) is -0.485. The first-order valence-electron chi connectivity index (χ1n) is 4.41.